The molecular weight excluding hydrogens is 278 g/mol. The van der Waals surface area contributed by atoms with Gasteiger partial charge in [0.2, 0.25) is 0 Å². The average molecular weight is 296 g/mol. The zero-order valence-electron chi connectivity index (χ0n) is 10.1. The molecule has 1 saturated carbocycles. The Morgan fingerprint density at radius 3 is 3.00 bits per heavy atom. The Morgan fingerprint density at radius 2 is 2.29 bits per heavy atom. The summed E-state index contributed by atoms with van der Waals surface area (Å²) >= 11 is 3.57. The smallest absolute Gasteiger partial charge is 0.119 e. The third-order valence-corrected chi connectivity index (χ3v) is 3.88. The van der Waals surface area contributed by atoms with Gasteiger partial charge in [0.05, 0.1) is 7.11 Å². The topological polar surface area (TPSA) is 35.2 Å². The molecule has 92 valence electrons. The Kier molecular flexibility index (Phi) is 4.24. The Bertz CT molecular complexity index is 428. The van der Waals surface area contributed by atoms with E-state index in [0.29, 0.717) is 6.04 Å². The molecule has 0 aromatic heterocycles. The van der Waals surface area contributed by atoms with Gasteiger partial charge in [-0.2, -0.15) is 0 Å². The van der Waals surface area contributed by atoms with Gasteiger partial charge in [-0.1, -0.05) is 27.6 Å². The standard InChI is InChI=1S/C14H18BrNO/c1-17-13-5-6-14(15)11(9-13)7-10-3-2-4-12(16)8-10/h5-7,9,12H,2-4,8,16H2,1H3. The normalized spacial score (nSPS) is 22.8. The molecule has 2 N–H and O–H groups in total. The van der Waals surface area contributed by atoms with Gasteiger partial charge in [0.25, 0.3) is 0 Å². The average Bonchev–Trinajstić information content (AvgIpc) is 2.32. The van der Waals surface area contributed by atoms with Crippen molar-refractivity contribution < 1.29 is 4.74 Å². The first-order chi connectivity index (χ1) is 8.19. The number of methoxy groups -OCH3 is 1. The predicted molar refractivity (Wildman–Crippen MR) is 75.1 cm³/mol. The highest BCUT2D eigenvalue weighted by atomic mass is 79.9. The molecule has 1 fully saturated rings. The van der Waals surface area contributed by atoms with E-state index in [1.807, 2.05) is 12.1 Å². The molecule has 0 heterocycles. The van der Waals surface area contributed by atoms with Crippen molar-refractivity contribution in [2.45, 2.75) is 31.7 Å². The molecule has 17 heavy (non-hydrogen) atoms. The van der Waals surface area contributed by atoms with Crippen LogP contribution in [0.1, 0.15) is 31.2 Å². The molecule has 3 heteroatoms. The van der Waals surface area contributed by atoms with Gasteiger partial charge in [-0.25, -0.2) is 0 Å². The predicted octanol–water partition coefficient (Wildman–Crippen LogP) is 3.74. The summed E-state index contributed by atoms with van der Waals surface area (Å²) in [5.41, 5.74) is 8.61. The summed E-state index contributed by atoms with van der Waals surface area (Å²) < 4.78 is 6.35. The van der Waals surface area contributed by atoms with Crippen molar-refractivity contribution in [1.82, 2.24) is 0 Å². The van der Waals surface area contributed by atoms with E-state index in [1.165, 1.54) is 17.6 Å². The molecule has 0 saturated heterocycles. The zero-order valence-corrected chi connectivity index (χ0v) is 11.7. The van der Waals surface area contributed by atoms with Crippen LogP contribution in [0.2, 0.25) is 0 Å². The van der Waals surface area contributed by atoms with Gasteiger partial charge in [-0.15, -0.1) is 0 Å². The van der Waals surface area contributed by atoms with Crippen molar-refractivity contribution in [2.24, 2.45) is 5.73 Å². The van der Waals surface area contributed by atoms with Crippen LogP contribution in [0, 0.1) is 0 Å². The Hall–Kier alpha value is -0.800. The molecule has 1 aromatic rings. The van der Waals surface area contributed by atoms with Gasteiger partial charge in [0.1, 0.15) is 5.75 Å². The lowest BCUT2D eigenvalue weighted by Crippen LogP contribution is -2.23. The number of hydrogen-bond donors (Lipinski definition) is 1. The SMILES string of the molecule is COc1ccc(Br)c(C=C2CCCC(N)C2)c1. The summed E-state index contributed by atoms with van der Waals surface area (Å²) in [6, 6.07) is 6.36. The van der Waals surface area contributed by atoms with E-state index in [2.05, 4.69) is 28.1 Å². The fourth-order valence-corrected chi connectivity index (χ4v) is 2.60. The van der Waals surface area contributed by atoms with Crippen LogP contribution in [0.25, 0.3) is 6.08 Å². The number of ether oxygens (including phenoxy) is 1. The summed E-state index contributed by atoms with van der Waals surface area (Å²) in [6.07, 6.45) is 6.78. The first kappa shape index (κ1) is 12.7. The highest BCUT2D eigenvalue weighted by Crippen LogP contribution is 2.29. The first-order valence-corrected chi connectivity index (χ1v) is 6.77. The minimum absolute atomic E-state index is 0.333. The monoisotopic (exact) mass is 295 g/mol. The number of hydrogen-bond acceptors (Lipinski definition) is 2. The highest BCUT2D eigenvalue weighted by molar-refractivity contribution is 9.10. The summed E-state index contributed by atoms with van der Waals surface area (Å²) in [5.74, 6) is 0.889. The van der Waals surface area contributed by atoms with Crippen molar-refractivity contribution in [1.29, 1.82) is 0 Å². The van der Waals surface area contributed by atoms with Crippen molar-refractivity contribution in [3.8, 4) is 5.75 Å². The molecule has 0 spiro atoms. The summed E-state index contributed by atoms with van der Waals surface area (Å²) in [4.78, 5) is 0. The van der Waals surface area contributed by atoms with Gasteiger partial charge in [0.15, 0.2) is 0 Å². The molecule has 2 rings (SSSR count). The lowest BCUT2D eigenvalue weighted by atomic mass is 9.90. The minimum atomic E-state index is 0.333. The van der Waals surface area contributed by atoms with E-state index in [1.54, 1.807) is 7.11 Å². The zero-order chi connectivity index (χ0) is 12.3. The molecule has 1 aromatic carbocycles. The Labute approximate surface area is 111 Å². The highest BCUT2D eigenvalue weighted by Gasteiger charge is 2.13. The summed E-state index contributed by atoms with van der Waals surface area (Å²) in [7, 11) is 1.69. The first-order valence-electron chi connectivity index (χ1n) is 5.97. The Morgan fingerprint density at radius 1 is 1.47 bits per heavy atom. The van der Waals surface area contributed by atoms with Crippen molar-refractivity contribution in [2.75, 3.05) is 7.11 Å². The van der Waals surface area contributed by atoms with E-state index < -0.39 is 0 Å². The van der Waals surface area contributed by atoms with Crippen LogP contribution in [0.4, 0.5) is 0 Å². The number of nitrogens with two attached hydrogens (primary N) is 1. The van der Waals surface area contributed by atoms with Gasteiger partial charge >= 0.3 is 0 Å². The van der Waals surface area contributed by atoms with Crippen LogP contribution in [0.15, 0.2) is 28.2 Å². The Balaban J connectivity index is 2.24. The largest absolute Gasteiger partial charge is 0.497 e. The lowest BCUT2D eigenvalue weighted by molar-refractivity contribution is 0.414. The van der Waals surface area contributed by atoms with Crippen molar-refractivity contribution >= 4 is 22.0 Å². The molecule has 0 bridgehead atoms. The summed E-state index contributed by atoms with van der Waals surface area (Å²) in [6.45, 7) is 0. The van der Waals surface area contributed by atoms with Gasteiger partial charge in [0, 0.05) is 10.5 Å². The van der Waals surface area contributed by atoms with Crippen LogP contribution in [-0.4, -0.2) is 13.2 Å². The number of benzene rings is 1. The van der Waals surface area contributed by atoms with Crippen LogP contribution >= 0.6 is 15.9 Å². The fourth-order valence-electron chi connectivity index (χ4n) is 2.24. The minimum Gasteiger partial charge on any atom is -0.497 e. The maximum absolute atomic E-state index is 6.00. The maximum atomic E-state index is 6.00. The molecule has 1 aliphatic rings. The van der Waals surface area contributed by atoms with Crippen LogP contribution in [0.5, 0.6) is 5.75 Å². The fraction of sp³-hybridized carbons (Fsp3) is 0.429. The van der Waals surface area contributed by atoms with Gasteiger partial charge in [-0.05, 0) is 49.4 Å². The quantitative estimate of drug-likeness (QED) is 0.902. The molecular formula is C14H18BrNO. The van der Waals surface area contributed by atoms with E-state index >= 15 is 0 Å². The van der Waals surface area contributed by atoms with Gasteiger partial charge in [-0.3, -0.25) is 0 Å². The molecule has 0 radical (unpaired) electrons. The molecule has 0 amide bonds. The molecule has 1 atom stereocenters. The van der Waals surface area contributed by atoms with Crippen LogP contribution < -0.4 is 10.5 Å². The third kappa shape index (κ3) is 3.33. The van der Waals surface area contributed by atoms with Crippen molar-refractivity contribution in [3.05, 3.63) is 33.8 Å². The second-order valence-corrected chi connectivity index (χ2v) is 5.40. The van der Waals surface area contributed by atoms with Crippen LogP contribution in [0.3, 0.4) is 0 Å². The maximum Gasteiger partial charge on any atom is 0.119 e. The number of rotatable bonds is 2. The van der Waals surface area contributed by atoms with E-state index in [4.69, 9.17) is 10.5 Å². The van der Waals surface area contributed by atoms with E-state index in [-0.39, 0.29) is 0 Å². The molecule has 1 unspecified atom stereocenters. The summed E-state index contributed by atoms with van der Waals surface area (Å²) in [5, 5.41) is 0. The molecule has 2 nitrogen and oxygen atoms in total. The molecule has 0 aliphatic heterocycles. The van der Waals surface area contributed by atoms with Crippen molar-refractivity contribution in [3.63, 3.8) is 0 Å². The van der Waals surface area contributed by atoms with E-state index in [0.717, 1.165) is 29.5 Å². The van der Waals surface area contributed by atoms with E-state index in [9.17, 15) is 0 Å². The second kappa shape index (κ2) is 5.69. The van der Waals surface area contributed by atoms with Crippen LogP contribution in [-0.2, 0) is 0 Å². The third-order valence-electron chi connectivity index (χ3n) is 3.16. The lowest BCUT2D eigenvalue weighted by Gasteiger charge is -2.20. The number of halogens is 1. The molecule has 1 aliphatic carbocycles. The second-order valence-electron chi connectivity index (χ2n) is 4.55. The van der Waals surface area contributed by atoms with Gasteiger partial charge < -0.3 is 10.5 Å².